The topological polar surface area (TPSA) is 27.7 Å². The van der Waals surface area contributed by atoms with Crippen LogP contribution in [0.15, 0.2) is 16.6 Å². The van der Waals surface area contributed by atoms with E-state index in [1.807, 2.05) is 0 Å². The van der Waals surface area contributed by atoms with E-state index in [-0.39, 0.29) is 0 Å². The smallest absolute Gasteiger partial charge is 0.123 e. The van der Waals surface area contributed by atoms with Crippen molar-refractivity contribution in [1.82, 2.24) is 0 Å². The molecule has 0 spiro atoms. The fourth-order valence-electron chi connectivity index (χ4n) is 6.69. The Kier molecular flexibility index (Phi) is 7.91. The van der Waals surface area contributed by atoms with Gasteiger partial charge in [-0.3, -0.25) is 0 Å². The maximum absolute atomic E-state index is 6.26. The number of ether oxygens (including phenoxy) is 3. The number of benzene rings is 1. The molecule has 1 unspecified atom stereocenters. The lowest BCUT2D eigenvalue weighted by Gasteiger charge is -2.60. The van der Waals surface area contributed by atoms with E-state index in [0.717, 1.165) is 91.5 Å². The second-order valence-electron chi connectivity index (χ2n) is 11.0. The Labute approximate surface area is 203 Å². The van der Waals surface area contributed by atoms with E-state index in [9.17, 15) is 0 Å². The van der Waals surface area contributed by atoms with Crippen molar-refractivity contribution in [2.24, 2.45) is 23.2 Å². The summed E-state index contributed by atoms with van der Waals surface area (Å²) >= 11 is 3.81. The third kappa shape index (κ3) is 5.06. The summed E-state index contributed by atoms with van der Waals surface area (Å²) in [6.45, 7) is 14.8. The van der Waals surface area contributed by atoms with Gasteiger partial charge in [-0.2, -0.15) is 0 Å². The van der Waals surface area contributed by atoms with Gasteiger partial charge in [-0.15, -0.1) is 0 Å². The zero-order valence-corrected chi connectivity index (χ0v) is 22.2. The summed E-state index contributed by atoms with van der Waals surface area (Å²) in [6, 6.07) is 4.47. The normalized spacial score (nSPS) is 28.2. The lowest BCUT2D eigenvalue weighted by atomic mass is 9.45. The fraction of sp³-hybridized carbons (Fsp3) is 0.778. The highest BCUT2D eigenvalue weighted by Gasteiger charge is 2.53. The largest absolute Gasteiger partial charge is 0.496 e. The van der Waals surface area contributed by atoms with Crippen molar-refractivity contribution < 1.29 is 18.7 Å². The molecule has 3 aliphatic carbocycles. The van der Waals surface area contributed by atoms with Crippen molar-refractivity contribution in [3.63, 3.8) is 0 Å². The van der Waals surface area contributed by atoms with Gasteiger partial charge in [-0.1, -0.05) is 36.7 Å². The minimum Gasteiger partial charge on any atom is -0.496 e. The summed E-state index contributed by atoms with van der Waals surface area (Å²) in [5.74, 6) is 3.77. The van der Waals surface area contributed by atoms with E-state index in [4.69, 9.17) is 14.2 Å². The molecule has 180 valence electrons. The Morgan fingerprint density at radius 2 is 1.91 bits per heavy atom. The van der Waals surface area contributed by atoms with Crippen LogP contribution in [0.3, 0.4) is 0 Å². The van der Waals surface area contributed by atoms with Gasteiger partial charge < -0.3 is 18.7 Å². The molecule has 5 rings (SSSR count). The summed E-state index contributed by atoms with van der Waals surface area (Å²) < 4.78 is 19.8. The molecule has 0 amide bonds. The van der Waals surface area contributed by atoms with Gasteiger partial charge in [0.05, 0.1) is 26.9 Å². The van der Waals surface area contributed by atoms with E-state index in [0.29, 0.717) is 5.41 Å². The van der Waals surface area contributed by atoms with Crippen molar-refractivity contribution in [2.45, 2.75) is 59.4 Å². The van der Waals surface area contributed by atoms with Gasteiger partial charge in [0.15, 0.2) is 0 Å². The summed E-state index contributed by atoms with van der Waals surface area (Å²) in [7, 11) is 1.76. The zero-order valence-electron chi connectivity index (χ0n) is 20.6. The van der Waals surface area contributed by atoms with Gasteiger partial charge in [0.25, 0.3) is 0 Å². The van der Waals surface area contributed by atoms with Gasteiger partial charge in [0, 0.05) is 16.6 Å². The van der Waals surface area contributed by atoms with Crippen LogP contribution in [0.2, 0.25) is 0 Å². The molecule has 4 aliphatic rings. The molecule has 3 atom stereocenters. The Morgan fingerprint density at radius 3 is 2.56 bits per heavy atom. The lowest BCUT2D eigenvalue weighted by molar-refractivity contribution is -0.947. The van der Waals surface area contributed by atoms with Crippen LogP contribution >= 0.6 is 15.9 Å². The number of methoxy groups -OCH3 is 1. The average Bonchev–Trinajstić information content (AvgIpc) is 2.80. The van der Waals surface area contributed by atoms with Crippen LogP contribution in [0.25, 0.3) is 0 Å². The van der Waals surface area contributed by atoms with Crippen LogP contribution in [0.5, 0.6) is 5.75 Å². The molecule has 1 aromatic carbocycles. The van der Waals surface area contributed by atoms with E-state index in [2.05, 4.69) is 48.8 Å². The number of hydrogen-bond acceptors (Lipinski definition) is 3. The molecule has 1 saturated heterocycles. The molecule has 0 radical (unpaired) electrons. The predicted octanol–water partition coefficient (Wildman–Crippen LogP) is 5.85. The molecular weight excluding hydrogens is 466 g/mol. The molecule has 5 heteroatoms. The first kappa shape index (κ1) is 24.5. The van der Waals surface area contributed by atoms with Crippen molar-refractivity contribution in [3.8, 4) is 5.75 Å². The second-order valence-corrected chi connectivity index (χ2v) is 11.8. The maximum Gasteiger partial charge on any atom is 0.123 e. The molecule has 4 fully saturated rings. The molecule has 1 aromatic rings. The summed E-state index contributed by atoms with van der Waals surface area (Å²) in [6.07, 6.45) is 6.55. The molecule has 1 heterocycles. The number of aryl methyl sites for hydroxylation is 1. The minimum atomic E-state index is 0.578. The summed E-state index contributed by atoms with van der Waals surface area (Å²) in [5, 5.41) is 0. The summed E-state index contributed by atoms with van der Waals surface area (Å²) in [4.78, 5) is 0. The highest BCUT2D eigenvalue weighted by Crippen LogP contribution is 2.61. The molecular formula is C27H43BrNO3+. The fourth-order valence-corrected chi connectivity index (χ4v) is 7.14. The second kappa shape index (κ2) is 10.3. The predicted molar refractivity (Wildman–Crippen MR) is 133 cm³/mol. The monoisotopic (exact) mass is 508 g/mol. The first-order valence-electron chi connectivity index (χ1n) is 12.7. The first-order chi connectivity index (χ1) is 15.4. The minimum absolute atomic E-state index is 0.578. The number of rotatable bonds is 10. The van der Waals surface area contributed by atoms with E-state index in [1.54, 1.807) is 7.11 Å². The first-order valence-corrected chi connectivity index (χ1v) is 13.5. The summed E-state index contributed by atoms with van der Waals surface area (Å²) in [5.41, 5.74) is 3.23. The van der Waals surface area contributed by atoms with Crippen LogP contribution in [0, 0.1) is 23.2 Å². The molecule has 2 bridgehead atoms. The Bertz CT molecular complexity index is 772. The number of hydrogen-bond donors (Lipinski definition) is 0. The van der Waals surface area contributed by atoms with Crippen molar-refractivity contribution in [2.75, 3.05) is 53.2 Å². The Hall–Kier alpha value is -0.620. The molecule has 0 aromatic heterocycles. The average molecular weight is 510 g/mol. The third-order valence-electron chi connectivity index (χ3n) is 9.10. The molecule has 1 aliphatic heterocycles. The number of nitrogens with zero attached hydrogens (tertiary/aromatic N) is 1. The van der Waals surface area contributed by atoms with E-state index >= 15 is 0 Å². The van der Waals surface area contributed by atoms with Crippen molar-refractivity contribution >= 4 is 15.9 Å². The van der Waals surface area contributed by atoms with Crippen LogP contribution < -0.4 is 4.74 Å². The molecule has 32 heavy (non-hydrogen) atoms. The maximum atomic E-state index is 6.26. The number of halogens is 1. The van der Waals surface area contributed by atoms with Gasteiger partial charge >= 0.3 is 0 Å². The highest BCUT2D eigenvalue weighted by atomic mass is 79.9. The van der Waals surface area contributed by atoms with Gasteiger partial charge in [0.2, 0.25) is 0 Å². The van der Waals surface area contributed by atoms with Crippen molar-refractivity contribution in [3.05, 3.63) is 27.7 Å². The van der Waals surface area contributed by atoms with E-state index < -0.39 is 0 Å². The van der Waals surface area contributed by atoms with Crippen LogP contribution in [0.4, 0.5) is 0 Å². The quantitative estimate of drug-likeness (QED) is 0.293. The SMILES string of the molecule is CCc1cc(C[N+]2(CCOCCC3CC[C@H]4C[C@@H]3C4(C)C)CCOCC2)c(Br)cc1OC. The van der Waals surface area contributed by atoms with Crippen LogP contribution in [-0.2, 0) is 22.4 Å². The lowest BCUT2D eigenvalue weighted by Crippen LogP contribution is -2.56. The Morgan fingerprint density at radius 1 is 1.12 bits per heavy atom. The number of quaternary nitrogens is 1. The Balaban J connectivity index is 1.32. The number of fused-ring (bicyclic) bond motifs is 2. The van der Waals surface area contributed by atoms with E-state index in [1.165, 1.54) is 36.8 Å². The van der Waals surface area contributed by atoms with Gasteiger partial charge in [0.1, 0.15) is 31.9 Å². The number of morpholine rings is 1. The standard InChI is InChI=1S/C27H43BrNO3/c1-5-20-16-22(25(28)18-26(20)30-4)19-29(10-14-32-15-11-29)9-13-31-12-8-21-6-7-23-17-24(21)27(23,2)3/h16,18,21,23-24H,5-15,17,19H2,1-4H3/q+1/t21?,23-,24-/m0/s1. The molecule has 4 nitrogen and oxygen atoms in total. The van der Waals surface area contributed by atoms with Crippen LogP contribution in [-0.4, -0.2) is 57.7 Å². The highest BCUT2D eigenvalue weighted by molar-refractivity contribution is 9.10. The van der Waals surface area contributed by atoms with Crippen molar-refractivity contribution in [1.29, 1.82) is 0 Å². The van der Waals surface area contributed by atoms with Gasteiger partial charge in [-0.05, 0) is 73.0 Å². The third-order valence-corrected chi connectivity index (χ3v) is 9.84. The molecule has 3 saturated carbocycles. The van der Waals surface area contributed by atoms with Gasteiger partial charge in [-0.25, -0.2) is 0 Å². The van der Waals surface area contributed by atoms with Crippen LogP contribution in [0.1, 0.15) is 57.6 Å². The zero-order chi connectivity index (χ0) is 22.8. The molecule has 0 N–H and O–H groups in total.